The lowest BCUT2D eigenvalue weighted by atomic mass is 9.98. The maximum Gasteiger partial charge on any atom is 0.255 e. The molecule has 3 rings (SSSR count). The van der Waals surface area contributed by atoms with Crippen molar-refractivity contribution in [2.45, 2.75) is 26.7 Å². The largest absolute Gasteiger partial charge is 0.497 e. The van der Waals surface area contributed by atoms with Gasteiger partial charge in [0.25, 0.3) is 5.91 Å². The molecule has 0 bridgehead atoms. The fourth-order valence-corrected chi connectivity index (χ4v) is 3.35. The summed E-state index contributed by atoms with van der Waals surface area (Å²) >= 11 is 0. The highest BCUT2D eigenvalue weighted by atomic mass is 16.5. The van der Waals surface area contributed by atoms with Crippen LogP contribution in [-0.4, -0.2) is 26.1 Å². The summed E-state index contributed by atoms with van der Waals surface area (Å²) in [5.74, 6) is 1.31. The third-order valence-electron chi connectivity index (χ3n) is 5.09. The van der Waals surface area contributed by atoms with Gasteiger partial charge in [0.2, 0.25) is 0 Å². The van der Waals surface area contributed by atoms with Crippen molar-refractivity contribution in [2.75, 3.05) is 36.1 Å². The van der Waals surface area contributed by atoms with Crippen LogP contribution in [0.1, 0.15) is 35.7 Å². The maximum atomic E-state index is 12.6. The summed E-state index contributed by atoms with van der Waals surface area (Å²) in [4.78, 5) is 14.9. The molecule has 1 aliphatic rings. The Hall–Kier alpha value is -2.69. The monoisotopic (exact) mass is 353 g/mol. The number of hydrogen-bond donors (Lipinski definition) is 2. The molecule has 0 aliphatic carbocycles. The second kappa shape index (κ2) is 7.68. The molecule has 0 radical (unpaired) electrons. The topological polar surface area (TPSA) is 67.6 Å². The van der Waals surface area contributed by atoms with Crippen molar-refractivity contribution in [3.63, 3.8) is 0 Å². The van der Waals surface area contributed by atoms with Gasteiger partial charge in [-0.15, -0.1) is 0 Å². The zero-order chi connectivity index (χ0) is 18.7. The molecule has 2 aromatic carbocycles. The molecule has 138 valence electrons. The molecular weight excluding hydrogens is 326 g/mol. The normalized spacial score (nSPS) is 15.0. The van der Waals surface area contributed by atoms with Gasteiger partial charge in [0.15, 0.2) is 0 Å². The number of piperidine rings is 1. The quantitative estimate of drug-likeness (QED) is 0.813. The number of aryl methyl sites for hydroxylation is 1. The van der Waals surface area contributed by atoms with Crippen molar-refractivity contribution in [1.29, 1.82) is 0 Å². The zero-order valence-corrected chi connectivity index (χ0v) is 15.7. The van der Waals surface area contributed by atoms with Crippen molar-refractivity contribution in [1.82, 2.24) is 0 Å². The summed E-state index contributed by atoms with van der Waals surface area (Å²) in [5, 5.41) is 2.95. The Bertz CT molecular complexity index is 779. The Morgan fingerprint density at radius 3 is 2.46 bits per heavy atom. The number of nitrogens with zero attached hydrogens (tertiary/aromatic N) is 1. The van der Waals surface area contributed by atoms with Crippen LogP contribution in [0, 0.1) is 12.8 Å². The fraction of sp³-hybridized carbons (Fsp3) is 0.381. The van der Waals surface area contributed by atoms with E-state index in [4.69, 9.17) is 10.5 Å². The summed E-state index contributed by atoms with van der Waals surface area (Å²) in [6.45, 7) is 6.45. The van der Waals surface area contributed by atoms with Gasteiger partial charge < -0.3 is 20.7 Å². The zero-order valence-electron chi connectivity index (χ0n) is 15.7. The highest BCUT2D eigenvalue weighted by Crippen LogP contribution is 2.32. The van der Waals surface area contributed by atoms with E-state index in [0.29, 0.717) is 16.9 Å². The second-order valence-corrected chi connectivity index (χ2v) is 7.08. The van der Waals surface area contributed by atoms with Gasteiger partial charge in [-0.25, -0.2) is 0 Å². The van der Waals surface area contributed by atoms with E-state index >= 15 is 0 Å². The molecule has 5 nitrogen and oxygen atoms in total. The number of hydrogen-bond acceptors (Lipinski definition) is 4. The Balaban J connectivity index is 1.80. The van der Waals surface area contributed by atoms with Crippen molar-refractivity contribution < 1.29 is 9.53 Å². The summed E-state index contributed by atoms with van der Waals surface area (Å²) < 4.78 is 5.13. The van der Waals surface area contributed by atoms with E-state index in [0.717, 1.165) is 36.0 Å². The first kappa shape index (κ1) is 18.1. The van der Waals surface area contributed by atoms with Gasteiger partial charge >= 0.3 is 0 Å². The number of ether oxygens (including phenoxy) is 1. The highest BCUT2D eigenvalue weighted by molar-refractivity contribution is 6.06. The van der Waals surface area contributed by atoms with Crippen LogP contribution in [0.4, 0.5) is 17.1 Å². The molecule has 26 heavy (non-hydrogen) atoms. The average Bonchev–Trinajstić information content (AvgIpc) is 2.65. The third-order valence-corrected chi connectivity index (χ3v) is 5.09. The number of amides is 1. The molecule has 1 amide bonds. The SMILES string of the molecule is COc1ccc(C(=O)Nc2cc(N3CCC(C)CC3)c(C)cc2N)cc1. The lowest BCUT2D eigenvalue weighted by Gasteiger charge is -2.33. The minimum Gasteiger partial charge on any atom is -0.497 e. The van der Waals surface area contributed by atoms with E-state index in [1.165, 1.54) is 12.8 Å². The standard InChI is InChI=1S/C21H27N3O2/c1-14-8-10-24(11-9-14)20-13-19(18(22)12-15(20)2)23-21(25)16-4-6-17(26-3)7-5-16/h4-7,12-14H,8-11,22H2,1-3H3,(H,23,25). The molecule has 5 heteroatoms. The molecule has 0 atom stereocenters. The first-order valence-electron chi connectivity index (χ1n) is 9.08. The third kappa shape index (κ3) is 3.93. The smallest absolute Gasteiger partial charge is 0.255 e. The number of rotatable bonds is 4. The van der Waals surface area contributed by atoms with E-state index in [1.807, 2.05) is 12.1 Å². The average molecular weight is 353 g/mol. The second-order valence-electron chi connectivity index (χ2n) is 7.08. The van der Waals surface area contributed by atoms with Gasteiger partial charge in [-0.1, -0.05) is 6.92 Å². The molecule has 3 N–H and O–H groups in total. The molecule has 0 unspecified atom stereocenters. The Morgan fingerprint density at radius 2 is 1.85 bits per heavy atom. The van der Waals surface area contributed by atoms with Gasteiger partial charge in [-0.05, 0) is 67.6 Å². The summed E-state index contributed by atoms with van der Waals surface area (Å²) in [5.41, 5.74) is 10.3. The number of benzene rings is 2. The molecule has 1 heterocycles. The van der Waals surface area contributed by atoms with Crippen LogP contribution < -0.4 is 20.7 Å². The van der Waals surface area contributed by atoms with Crippen LogP contribution >= 0.6 is 0 Å². The van der Waals surface area contributed by atoms with Gasteiger partial charge in [-0.3, -0.25) is 4.79 Å². The predicted molar refractivity (Wildman–Crippen MR) is 107 cm³/mol. The predicted octanol–water partition coefficient (Wildman–Crippen LogP) is 4.07. The van der Waals surface area contributed by atoms with Gasteiger partial charge in [0.1, 0.15) is 5.75 Å². The Kier molecular flexibility index (Phi) is 5.35. The number of nitrogens with two attached hydrogens (primary N) is 1. The van der Waals surface area contributed by atoms with Crippen molar-refractivity contribution in [3.8, 4) is 5.75 Å². The van der Waals surface area contributed by atoms with Crippen molar-refractivity contribution >= 4 is 23.0 Å². The van der Waals surface area contributed by atoms with Crippen molar-refractivity contribution in [2.24, 2.45) is 5.92 Å². The summed E-state index contributed by atoms with van der Waals surface area (Å²) in [6, 6.07) is 11.0. The summed E-state index contributed by atoms with van der Waals surface area (Å²) in [7, 11) is 1.60. The molecule has 0 saturated carbocycles. The van der Waals surface area contributed by atoms with Crippen LogP contribution in [0.3, 0.4) is 0 Å². The summed E-state index contributed by atoms with van der Waals surface area (Å²) in [6.07, 6.45) is 2.38. The molecule has 1 saturated heterocycles. The lowest BCUT2D eigenvalue weighted by molar-refractivity contribution is 0.102. The molecule has 0 aromatic heterocycles. The van der Waals surface area contributed by atoms with E-state index < -0.39 is 0 Å². The van der Waals surface area contributed by atoms with E-state index in [9.17, 15) is 4.79 Å². The van der Waals surface area contributed by atoms with Gasteiger partial charge in [0.05, 0.1) is 18.5 Å². The van der Waals surface area contributed by atoms with Crippen LogP contribution in [-0.2, 0) is 0 Å². The van der Waals surface area contributed by atoms with Crippen LogP contribution in [0.5, 0.6) is 5.75 Å². The number of carbonyl (C=O) groups excluding carboxylic acids is 1. The molecular formula is C21H27N3O2. The lowest BCUT2D eigenvalue weighted by Crippen LogP contribution is -2.33. The fourth-order valence-electron chi connectivity index (χ4n) is 3.35. The molecule has 2 aromatic rings. The van der Waals surface area contributed by atoms with Crippen LogP contribution in [0.15, 0.2) is 36.4 Å². The Morgan fingerprint density at radius 1 is 1.19 bits per heavy atom. The number of nitrogen functional groups attached to an aromatic ring is 1. The van der Waals surface area contributed by atoms with Gasteiger partial charge in [0, 0.05) is 24.3 Å². The van der Waals surface area contributed by atoms with Gasteiger partial charge in [-0.2, -0.15) is 0 Å². The number of methoxy groups -OCH3 is 1. The number of nitrogens with one attached hydrogen (secondary N) is 1. The number of anilines is 3. The Labute approximate surface area is 155 Å². The molecule has 1 fully saturated rings. The molecule has 0 spiro atoms. The first-order chi connectivity index (χ1) is 12.5. The minimum atomic E-state index is -0.179. The number of carbonyl (C=O) groups is 1. The maximum absolute atomic E-state index is 12.6. The van der Waals surface area contributed by atoms with E-state index in [-0.39, 0.29) is 5.91 Å². The van der Waals surface area contributed by atoms with E-state index in [2.05, 4.69) is 24.1 Å². The first-order valence-corrected chi connectivity index (χ1v) is 9.08. The minimum absolute atomic E-state index is 0.179. The van der Waals surface area contributed by atoms with E-state index in [1.54, 1.807) is 31.4 Å². The highest BCUT2D eigenvalue weighted by Gasteiger charge is 2.19. The van der Waals surface area contributed by atoms with Crippen LogP contribution in [0.2, 0.25) is 0 Å². The molecule has 1 aliphatic heterocycles. The van der Waals surface area contributed by atoms with Crippen molar-refractivity contribution in [3.05, 3.63) is 47.5 Å². The van der Waals surface area contributed by atoms with Crippen LogP contribution in [0.25, 0.3) is 0 Å².